The fourth-order valence-corrected chi connectivity index (χ4v) is 4.60. The van der Waals surface area contributed by atoms with E-state index in [1.165, 1.54) is 0 Å². The molecule has 1 fully saturated rings. The van der Waals surface area contributed by atoms with Gasteiger partial charge in [-0.2, -0.15) is 0 Å². The minimum atomic E-state index is -5.01. The van der Waals surface area contributed by atoms with Crippen molar-refractivity contribution in [2.75, 3.05) is 45.1 Å². The Balaban J connectivity index is 1.49. The molecule has 0 aliphatic carbocycles. The van der Waals surface area contributed by atoms with E-state index in [1.807, 2.05) is 11.9 Å². The summed E-state index contributed by atoms with van der Waals surface area (Å²) in [6.07, 6.45) is -5.29. The minimum absolute atomic E-state index is 0.00275. The number of hydrogen-bond acceptors (Lipinski definition) is 8. The molecule has 0 unspecified atom stereocenters. The first-order valence-corrected chi connectivity index (χ1v) is 12.2. The van der Waals surface area contributed by atoms with Crippen LogP contribution >= 0.6 is 11.3 Å². The first-order chi connectivity index (χ1) is 17.9. The van der Waals surface area contributed by atoms with Crippen LogP contribution in [-0.4, -0.2) is 77.8 Å². The number of anilines is 1. The Morgan fingerprint density at radius 1 is 1.03 bits per heavy atom. The Hall–Kier alpha value is -3.49. The molecule has 0 spiro atoms. The molecule has 0 radical (unpaired) electrons. The van der Waals surface area contributed by atoms with E-state index < -0.39 is 35.4 Å². The van der Waals surface area contributed by atoms with Crippen molar-refractivity contribution in [3.63, 3.8) is 0 Å². The highest BCUT2D eigenvalue weighted by Gasteiger charge is 2.33. The molecule has 0 atom stereocenters. The van der Waals surface area contributed by atoms with Crippen molar-refractivity contribution in [1.29, 1.82) is 0 Å². The molecule has 2 heterocycles. The lowest BCUT2D eigenvalue weighted by Crippen LogP contribution is -2.47. The summed E-state index contributed by atoms with van der Waals surface area (Å²) >= 11 is 0.943. The lowest BCUT2D eigenvalue weighted by atomic mass is 10.1. The first-order valence-electron chi connectivity index (χ1n) is 11.4. The zero-order valence-corrected chi connectivity index (χ0v) is 20.8. The number of ketones is 1. The van der Waals surface area contributed by atoms with Crippen LogP contribution in [0.1, 0.15) is 15.4 Å². The van der Waals surface area contributed by atoms with Crippen molar-refractivity contribution in [3.05, 3.63) is 58.6 Å². The van der Waals surface area contributed by atoms with Gasteiger partial charge in [0, 0.05) is 43.4 Å². The molecule has 0 saturated carbocycles. The normalized spacial score (nSPS) is 14.9. The summed E-state index contributed by atoms with van der Waals surface area (Å²) in [7, 11) is 1.95. The van der Waals surface area contributed by atoms with Crippen LogP contribution < -0.4 is 10.1 Å². The number of carbonyl (C=O) groups is 2. The van der Waals surface area contributed by atoms with Gasteiger partial charge in [-0.15, -0.1) is 23.4 Å². The van der Waals surface area contributed by atoms with E-state index in [4.69, 9.17) is 0 Å². The fraction of sp³-hybridized carbons (Fsp3) is 0.333. The van der Waals surface area contributed by atoms with Gasteiger partial charge in [0.15, 0.2) is 11.5 Å². The Bertz CT molecular complexity index is 1300. The first kappa shape index (κ1) is 27.5. The molecule has 2 aromatic carbocycles. The highest BCUT2D eigenvalue weighted by atomic mass is 32.1. The molecule has 1 amide bonds. The molecule has 202 valence electrons. The minimum Gasteiger partial charge on any atom is -0.404 e. The largest absolute Gasteiger partial charge is 0.573 e. The summed E-state index contributed by atoms with van der Waals surface area (Å²) in [6, 6.07) is 6.06. The van der Waals surface area contributed by atoms with E-state index >= 15 is 0 Å². The van der Waals surface area contributed by atoms with Crippen LogP contribution in [0.25, 0.3) is 10.6 Å². The summed E-state index contributed by atoms with van der Waals surface area (Å²) in [6.45, 7) is 2.72. The van der Waals surface area contributed by atoms with E-state index in [2.05, 4.69) is 25.2 Å². The fourth-order valence-electron chi connectivity index (χ4n) is 3.77. The van der Waals surface area contributed by atoms with E-state index in [0.29, 0.717) is 19.2 Å². The van der Waals surface area contributed by atoms with Crippen LogP contribution in [0.2, 0.25) is 0 Å². The number of halogens is 5. The van der Waals surface area contributed by atoms with Crippen LogP contribution in [0.3, 0.4) is 0 Å². The number of amides is 1. The summed E-state index contributed by atoms with van der Waals surface area (Å²) in [4.78, 5) is 29.4. The number of ether oxygens (including phenoxy) is 1. The second-order valence-corrected chi connectivity index (χ2v) is 9.71. The molecular formula is C24H22F5N5O3S. The molecule has 3 aromatic rings. The lowest BCUT2D eigenvalue weighted by molar-refractivity contribution is -0.274. The van der Waals surface area contributed by atoms with Gasteiger partial charge in [0.1, 0.15) is 21.6 Å². The lowest BCUT2D eigenvalue weighted by Gasteiger charge is -2.31. The Kier molecular flexibility index (Phi) is 8.33. The van der Waals surface area contributed by atoms with Crippen molar-refractivity contribution in [2.24, 2.45) is 0 Å². The summed E-state index contributed by atoms with van der Waals surface area (Å²) < 4.78 is 69.8. The summed E-state index contributed by atoms with van der Waals surface area (Å²) in [5, 5.41) is 10.6. The number of rotatable bonds is 8. The molecule has 38 heavy (non-hydrogen) atoms. The maximum Gasteiger partial charge on any atom is 0.573 e. The number of carbonyl (C=O) groups excluding carboxylic acids is 2. The third-order valence-electron chi connectivity index (χ3n) is 5.65. The predicted octanol–water partition coefficient (Wildman–Crippen LogP) is 3.99. The molecule has 1 saturated heterocycles. The number of piperazine rings is 1. The second kappa shape index (κ2) is 11.5. The van der Waals surface area contributed by atoms with Crippen molar-refractivity contribution < 1.29 is 36.3 Å². The Morgan fingerprint density at radius 3 is 2.37 bits per heavy atom. The van der Waals surface area contributed by atoms with Crippen molar-refractivity contribution in [2.45, 2.75) is 12.8 Å². The van der Waals surface area contributed by atoms with Crippen molar-refractivity contribution >= 4 is 28.7 Å². The third kappa shape index (κ3) is 7.52. The van der Waals surface area contributed by atoms with Gasteiger partial charge >= 0.3 is 6.36 Å². The van der Waals surface area contributed by atoms with Gasteiger partial charge in [0.05, 0.1) is 18.7 Å². The van der Waals surface area contributed by atoms with Gasteiger partial charge in [-0.1, -0.05) is 11.3 Å². The van der Waals surface area contributed by atoms with Gasteiger partial charge < -0.3 is 15.0 Å². The average Bonchev–Trinajstić information content (AvgIpc) is 3.29. The maximum atomic E-state index is 13.5. The second-order valence-electron chi connectivity index (χ2n) is 8.65. The highest BCUT2D eigenvalue weighted by Crippen LogP contribution is 2.32. The van der Waals surface area contributed by atoms with Crippen LogP contribution in [0, 0.1) is 11.6 Å². The van der Waals surface area contributed by atoms with Gasteiger partial charge in [-0.3, -0.25) is 14.5 Å². The number of alkyl halides is 3. The number of aromatic nitrogens is 2. The third-order valence-corrected chi connectivity index (χ3v) is 6.62. The zero-order chi connectivity index (χ0) is 27.4. The van der Waals surface area contributed by atoms with E-state index in [9.17, 15) is 31.5 Å². The van der Waals surface area contributed by atoms with Crippen LogP contribution in [0.5, 0.6) is 5.75 Å². The standard InChI is InChI=1S/C24H22F5N5O3S/c1-33-4-6-34(7-5-33)13-21(36)30-18-10-14(2-3-20(18)37-24(27,28)29)19(35)12-22-31-32-23(38-22)15-8-16(25)11-17(26)9-15/h2-3,8-11H,4-7,12-13H2,1H3,(H,30,36). The highest BCUT2D eigenvalue weighted by molar-refractivity contribution is 7.14. The summed E-state index contributed by atoms with van der Waals surface area (Å²) in [5.41, 5.74) is -0.152. The number of Topliss-reactive ketones (excluding diaryl/α,β-unsaturated/α-hetero) is 1. The monoisotopic (exact) mass is 555 g/mol. The molecule has 1 aliphatic rings. The molecule has 1 aliphatic heterocycles. The number of nitrogens with one attached hydrogen (secondary N) is 1. The number of benzene rings is 2. The molecule has 14 heteroatoms. The van der Waals surface area contributed by atoms with E-state index in [-0.39, 0.29) is 39.8 Å². The van der Waals surface area contributed by atoms with Gasteiger partial charge in [-0.05, 0) is 37.4 Å². The van der Waals surface area contributed by atoms with Gasteiger partial charge in [-0.25, -0.2) is 8.78 Å². The quantitative estimate of drug-likeness (QED) is 0.332. The van der Waals surface area contributed by atoms with Crippen molar-refractivity contribution in [3.8, 4) is 16.3 Å². The van der Waals surface area contributed by atoms with E-state index in [0.717, 1.165) is 54.8 Å². The number of likely N-dealkylation sites (N-methyl/N-ethyl adjacent to an activating group) is 1. The zero-order valence-electron chi connectivity index (χ0n) is 20.0. The molecule has 1 aromatic heterocycles. The number of hydrogen-bond donors (Lipinski definition) is 1. The Labute approximate surface area is 218 Å². The predicted molar refractivity (Wildman–Crippen MR) is 129 cm³/mol. The smallest absolute Gasteiger partial charge is 0.404 e. The molecule has 0 bridgehead atoms. The molecule has 1 N–H and O–H groups in total. The summed E-state index contributed by atoms with van der Waals surface area (Å²) in [5.74, 6) is -3.33. The van der Waals surface area contributed by atoms with Crippen LogP contribution in [0.4, 0.5) is 27.6 Å². The molecule has 4 rings (SSSR count). The molecular weight excluding hydrogens is 533 g/mol. The number of nitrogens with zero attached hydrogens (tertiary/aromatic N) is 4. The topological polar surface area (TPSA) is 87.7 Å². The van der Waals surface area contributed by atoms with Crippen molar-refractivity contribution in [1.82, 2.24) is 20.0 Å². The Morgan fingerprint density at radius 2 is 1.71 bits per heavy atom. The van der Waals surface area contributed by atoms with Crippen LogP contribution in [0.15, 0.2) is 36.4 Å². The van der Waals surface area contributed by atoms with Crippen LogP contribution in [-0.2, 0) is 11.2 Å². The maximum absolute atomic E-state index is 13.5. The van der Waals surface area contributed by atoms with E-state index in [1.54, 1.807) is 0 Å². The average molecular weight is 556 g/mol. The van der Waals surface area contributed by atoms with Gasteiger partial charge in [0.25, 0.3) is 0 Å². The SMILES string of the molecule is CN1CCN(CC(=O)Nc2cc(C(=O)Cc3nnc(-c4cc(F)cc(F)c4)s3)ccc2OC(F)(F)F)CC1. The molecule has 8 nitrogen and oxygen atoms in total. The van der Waals surface area contributed by atoms with Gasteiger partial charge in [0.2, 0.25) is 5.91 Å².